The molecule has 0 spiro atoms. The number of hydrogen-bond donors (Lipinski definition) is 2. The van der Waals surface area contributed by atoms with Crippen molar-refractivity contribution in [1.29, 1.82) is 0 Å². The van der Waals surface area contributed by atoms with Gasteiger partial charge in [0.25, 0.3) is 0 Å². The summed E-state index contributed by atoms with van der Waals surface area (Å²) in [5, 5.41) is 23.4. The van der Waals surface area contributed by atoms with Crippen LogP contribution in [0.1, 0.15) is 93.4 Å². The predicted octanol–water partition coefficient (Wildman–Crippen LogP) is 2.19. The zero-order valence-corrected chi connectivity index (χ0v) is 35.5. The van der Waals surface area contributed by atoms with Gasteiger partial charge in [-0.1, -0.05) is 13.8 Å². The van der Waals surface area contributed by atoms with E-state index in [1.165, 1.54) is 20.1 Å². The molecule has 0 aliphatic carbocycles. The number of fused-ring (bicyclic) bond motifs is 1. The van der Waals surface area contributed by atoms with E-state index in [0.29, 0.717) is 19.1 Å². The maximum atomic E-state index is 13.4. The normalized spacial score (nSPS) is 42.2. The van der Waals surface area contributed by atoms with Gasteiger partial charge in [-0.3, -0.25) is 19.2 Å². The van der Waals surface area contributed by atoms with Gasteiger partial charge in [0, 0.05) is 45.6 Å². The molecule has 4 aliphatic heterocycles. The number of allylic oxidation sites excluding steroid dienone is 1. The molecule has 0 aromatic carbocycles. The van der Waals surface area contributed by atoms with Crippen molar-refractivity contribution in [3.05, 3.63) is 12.2 Å². The van der Waals surface area contributed by atoms with Crippen LogP contribution < -0.4 is 0 Å². The summed E-state index contributed by atoms with van der Waals surface area (Å²) in [5.74, 6) is -3.42. The van der Waals surface area contributed by atoms with Crippen LogP contribution in [0.15, 0.2) is 12.2 Å². The first-order valence-corrected chi connectivity index (χ1v) is 20.4. The van der Waals surface area contributed by atoms with Crippen LogP contribution in [0.25, 0.3) is 0 Å². The first kappa shape index (κ1) is 47.8. The van der Waals surface area contributed by atoms with Gasteiger partial charge in [0.1, 0.15) is 48.5 Å². The molecule has 3 fully saturated rings. The lowest BCUT2D eigenvalue weighted by atomic mass is 9.83. The fraction of sp³-hybridized carbons (Fsp3) is 0.829. The Morgan fingerprint density at radius 1 is 1.00 bits per heavy atom. The molecule has 330 valence electrons. The monoisotopic (exact) mass is 827 g/mol. The Labute approximate surface area is 341 Å². The van der Waals surface area contributed by atoms with Crippen molar-refractivity contribution in [2.75, 3.05) is 21.2 Å². The number of methoxy groups -OCH3 is 1. The third kappa shape index (κ3) is 12.6. The number of ketones is 1. The SMILES string of the molecule is CCCC(=O)O[C@@H]1[C@@H](C)O[C@@H](O[C@@H]2[C@@H](N(C)C)[C@H](O)[C@@H](O[C@@H]3[C@@H](CC=O)C[C@H](C)C(=O)/C=C\[C@@H]4O[C@@H]4C[C@@H](C)OC(=O)C[C@@H](OC(C)=O)[C@@H]3OC)O[C@H]2C)C[C@@]1(C)O. The molecule has 0 radical (unpaired) electrons. The maximum absolute atomic E-state index is 13.4. The molecule has 4 aliphatic rings. The van der Waals surface area contributed by atoms with E-state index in [2.05, 4.69) is 0 Å². The zero-order chi connectivity index (χ0) is 43.1. The lowest BCUT2D eigenvalue weighted by Gasteiger charge is -2.50. The third-order valence-corrected chi connectivity index (χ3v) is 11.3. The average Bonchev–Trinajstić information content (AvgIpc) is 3.86. The molecule has 4 rings (SSSR count). The number of aldehydes is 1. The molecule has 17 heteroatoms. The van der Waals surface area contributed by atoms with Crippen molar-refractivity contribution in [2.24, 2.45) is 11.8 Å². The van der Waals surface area contributed by atoms with Gasteiger partial charge in [-0.2, -0.15) is 0 Å². The van der Waals surface area contributed by atoms with E-state index in [-0.39, 0.29) is 43.7 Å². The van der Waals surface area contributed by atoms with Crippen molar-refractivity contribution in [3.63, 3.8) is 0 Å². The molecule has 0 bridgehead atoms. The van der Waals surface area contributed by atoms with E-state index >= 15 is 0 Å². The summed E-state index contributed by atoms with van der Waals surface area (Å²) in [6.07, 6.45) is -7.34. The smallest absolute Gasteiger partial charge is 0.309 e. The van der Waals surface area contributed by atoms with Crippen molar-refractivity contribution in [2.45, 2.75) is 185 Å². The Hall–Kier alpha value is -2.87. The minimum atomic E-state index is -1.50. The highest BCUT2D eigenvalue weighted by Gasteiger charge is 2.53. The first-order chi connectivity index (χ1) is 27.3. The van der Waals surface area contributed by atoms with Crippen LogP contribution in [-0.2, 0) is 66.6 Å². The second-order valence-corrected chi connectivity index (χ2v) is 16.6. The summed E-state index contributed by atoms with van der Waals surface area (Å²) in [7, 11) is 4.81. The molecule has 17 nitrogen and oxygen atoms in total. The number of carbonyl (C=O) groups excluding carboxylic acids is 5. The number of nitrogens with zero attached hydrogens (tertiary/aromatic N) is 1. The lowest BCUT2D eigenvalue weighted by Crippen LogP contribution is -2.66. The van der Waals surface area contributed by atoms with Crippen molar-refractivity contribution in [1.82, 2.24) is 4.90 Å². The number of likely N-dealkylation sites (N-methyl/N-ethyl adjacent to an activating group) is 1. The summed E-state index contributed by atoms with van der Waals surface area (Å²) >= 11 is 0. The third-order valence-electron chi connectivity index (χ3n) is 11.3. The molecule has 0 aromatic rings. The van der Waals surface area contributed by atoms with Gasteiger partial charge in [-0.25, -0.2) is 0 Å². The van der Waals surface area contributed by atoms with Crippen LogP contribution in [0.3, 0.4) is 0 Å². The van der Waals surface area contributed by atoms with Gasteiger partial charge in [0.2, 0.25) is 0 Å². The molecule has 0 saturated carbocycles. The Morgan fingerprint density at radius 3 is 2.31 bits per heavy atom. The molecular weight excluding hydrogens is 762 g/mol. The van der Waals surface area contributed by atoms with Crippen molar-refractivity contribution < 1.29 is 76.8 Å². The fourth-order valence-corrected chi connectivity index (χ4v) is 8.39. The summed E-state index contributed by atoms with van der Waals surface area (Å²) in [6, 6.07) is -0.797. The van der Waals surface area contributed by atoms with Crippen LogP contribution >= 0.6 is 0 Å². The summed E-state index contributed by atoms with van der Waals surface area (Å²) in [5.41, 5.74) is -1.50. The molecule has 58 heavy (non-hydrogen) atoms. The van der Waals surface area contributed by atoms with Gasteiger partial charge in [0.05, 0.1) is 36.9 Å². The Kier molecular flexibility index (Phi) is 17.4. The molecule has 4 heterocycles. The number of epoxide rings is 1. The number of hydrogen-bond acceptors (Lipinski definition) is 17. The van der Waals surface area contributed by atoms with Gasteiger partial charge in [0.15, 0.2) is 24.5 Å². The van der Waals surface area contributed by atoms with Gasteiger partial charge in [-0.15, -0.1) is 0 Å². The molecule has 3 saturated heterocycles. The molecule has 17 atom stereocenters. The minimum Gasteiger partial charge on any atom is -0.462 e. The van der Waals surface area contributed by atoms with Gasteiger partial charge in [-0.05, 0) is 72.7 Å². The number of cyclic esters (lactones) is 1. The minimum absolute atomic E-state index is 0.0507. The zero-order valence-electron chi connectivity index (χ0n) is 35.5. The van der Waals surface area contributed by atoms with E-state index in [1.54, 1.807) is 59.7 Å². The second-order valence-electron chi connectivity index (χ2n) is 16.6. The van der Waals surface area contributed by atoms with Crippen LogP contribution in [0.2, 0.25) is 0 Å². The summed E-state index contributed by atoms with van der Waals surface area (Å²) < 4.78 is 54.1. The number of esters is 3. The van der Waals surface area contributed by atoms with Gasteiger partial charge < -0.3 is 62.5 Å². The van der Waals surface area contributed by atoms with Crippen LogP contribution in [0, 0.1) is 11.8 Å². The molecule has 0 aromatic heterocycles. The highest BCUT2D eigenvalue weighted by atomic mass is 16.7. The molecule has 0 unspecified atom stereocenters. The fourth-order valence-electron chi connectivity index (χ4n) is 8.39. The number of aliphatic hydroxyl groups is 2. The summed E-state index contributed by atoms with van der Waals surface area (Å²) in [6.45, 7) is 11.4. The van der Waals surface area contributed by atoms with E-state index in [4.69, 9.17) is 42.6 Å². The Balaban J connectivity index is 1.65. The highest BCUT2D eigenvalue weighted by Crippen LogP contribution is 2.38. The Morgan fingerprint density at radius 2 is 1.71 bits per heavy atom. The Bertz CT molecular complexity index is 1440. The van der Waals surface area contributed by atoms with Crippen LogP contribution in [-0.4, -0.2) is 158 Å². The van der Waals surface area contributed by atoms with E-state index in [1.807, 2.05) is 6.92 Å². The van der Waals surface area contributed by atoms with Crippen LogP contribution in [0.5, 0.6) is 0 Å². The quantitative estimate of drug-likeness (QED) is 0.125. The summed E-state index contributed by atoms with van der Waals surface area (Å²) in [4.78, 5) is 65.5. The second kappa shape index (κ2) is 21.1. The van der Waals surface area contributed by atoms with E-state index < -0.39 is 115 Å². The van der Waals surface area contributed by atoms with E-state index in [9.17, 15) is 34.2 Å². The number of aliphatic hydroxyl groups excluding tert-OH is 1. The average molecular weight is 828 g/mol. The largest absolute Gasteiger partial charge is 0.462 e. The van der Waals surface area contributed by atoms with Gasteiger partial charge >= 0.3 is 17.9 Å². The molecule has 0 amide bonds. The lowest BCUT2D eigenvalue weighted by molar-refractivity contribution is -0.344. The number of ether oxygens (including phenoxy) is 9. The topological polar surface area (TPSA) is 215 Å². The predicted molar refractivity (Wildman–Crippen MR) is 204 cm³/mol. The van der Waals surface area contributed by atoms with Crippen molar-refractivity contribution in [3.8, 4) is 0 Å². The molecular formula is C41H65NO16. The maximum Gasteiger partial charge on any atom is 0.309 e. The first-order valence-electron chi connectivity index (χ1n) is 20.4. The highest BCUT2D eigenvalue weighted by molar-refractivity contribution is 5.91. The van der Waals surface area contributed by atoms with E-state index in [0.717, 1.165) is 0 Å². The number of rotatable bonds is 12. The molecule has 2 N–H and O–H groups in total. The van der Waals surface area contributed by atoms with Crippen molar-refractivity contribution >= 4 is 30.0 Å². The van der Waals surface area contributed by atoms with Crippen LogP contribution in [0.4, 0.5) is 0 Å². The standard InChI is InChI=1S/C41H65NO16/c1-11-12-31(46)56-39-24(5)52-33(20-41(39,7)49)57-36-23(4)53-40(35(48)34(36)42(8)9)58-37-26(15-16-43)17-21(2)27(45)13-14-28-29(55-28)18-22(3)51-32(47)19-30(38(37)50-10)54-25(6)44/h13-14,16,21-24,26,28-30,33-40,48-49H,11-12,15,17-20H2,1-10H3/b14-13-/t21-,22+,23-,24+,26-,28-,29+,30+,33-,34-,35-,36-,37+,38-,39+,40+,41+/m0/s1. The number of carbonyl (C=O) groups is 5.